The van der Waals surface area contributed by atoms with Gasteiger partial charge in [-0.2, -0.15) is 9.61 Å². The molecule has 0 aliphatic carbocycles. The summed E-state index contributed by atoms with van der Waals surface area (Å²) in [7, 11) is 1.66. The van der Waals surface area contributed by atoms with E-state index < -0.39 is 0 Å². The van der Waals surface area contributed by atoms with Gasteiger partial charge in [0.25, 0.3) is 0 Å². The van der Waals surface area contributed by atoms with Gasteiger partial charge in [-0.1, -0.05) is 35.5 Å². The SMILES string of the molecule is COc1ccc(-c2nnc3ccc(SCc4cc(C)ccc4C)nn23)cc1. The molecule has 2 aromatic heterocycles. The van der Waals surface area contributed by atoms with Crippen LogP contribution in [0.5, 0.6) is 5.75 Å². The Hall–Kier alpha value is -2.86. The summed E-state index contributed by atoms with van der Waals surface area (Å²) >= 11 is 1.72. The first kappa shape index (κ1) is 17.5. The largest absolute Gasteiger partial charge is 0.497 e. The van der Waals surface area contributed by atoms with Crippen LogP contribution >= 0.6 is 11.8 Å². The highest BCUT2D eigenvalue weighted by Crippen LogP contribution is 2.25. The van der Waals surface area contributed by atoms with Crippen LogP contribution < -0.4 is 4.74 Å². The topological polar surface area (TPSA) is 52.3 Å². The van der Waals surface area contributed by atoms with E-state index in [0.717, 1.165) is 33.6 Å². The Kier molecular flexibility index (Phi) is 4.81. The van der Waals surface area contributed by atoms with Crippen LogP contribution in [0.25, 0.3) is 17.0 Å². The van der Waals surface area contributed by atoms with Gasteiger partial charge in [0, 0.05) is 11.3 Å². The Morgan fingerprint density at radius 1 is 0.963 bits per heavy atom. The van der Waals surface area contributed by atoms with Crippen LogP contribution in [0.4, 0.5) is 0 Å². The van der Waals surface area contributed by atoms with Crippen molar-refractivity contribution >= 4 is 17.4 Å². The van der Waals surface area contributed by atoms with E-state index >= 15 is 0 Å². The number of ether oxygens (including phenoxy) is 1. The summed E-state index contributed by atoms with van der Waals surface area (Å²) < 4.78 is 7.02. The smallest absolute Gasteiger partial charge is 0.185 e. The molecular weight excluding hydrogens is 356 g/mol. The van der Waals surface area contributed by atoms with Crippen LogP contribution in [-0.2, 0) is 5.75 Å². The molecule has 0 fully saturated rings. The highest BCUT2D eigenvalue weighted by atomic mass is 32.2. The molecule has 2 heterocycles. The average molecular weight is 376 g/mol. The first-order chi connectivity index (χ1) is 13.1. The third-order valence-corrected chi connectivity index (χ3v) is 5.44. The monoisotopic (exact) mass is 376 g/mol. The summed E-state index contributed by atoms with van der Waals surface area (Å²) in [6.07, 6.45) is 0. The second kappa shape index (κ2) is 7.40. The van der Waals surface area contributed by atoms with E-state index in [2.05, 4.69) is 42.2 Å². The minimum atomic E-state index is 0.724. The number of methoxy groups -OCH3 is 1. The highest BCUT2D eigenvalue weighted by Gasteiger charge is 2.11. The van der Waals surface area contributed by atoms with Gasteiger partial charge >= 0.3 is 0 Å². The quantitative estimate of drug-likeness (QED) is 0.472. The van der Waals surface area contributed by atoms with Gasteiger partial charge < -0.3 is 4.74 Å². The minimum Gasteiger partial charge on any atom is -0.497 e. The summed E-state index contributed by atoms with van der Waals surface area (Å²) in [6.45, 7) is 4.27. The Bertz CT molecular complexity index is 1090. The molecule has 27 heavy (non-hydrogen) atoms. The maximum atomic E-state index is 5.22. The predicted molar refractivity (Wildman–Crippen MR) is 108 cm³/mol. The molecule has 0 unspecified atom stereocenters. The van der Waals surface area contributed by atoms with Gasteiger partial charge in [0.1, 0.15) is 10.8 Å². The maximum absolute atomic E-state index is 5.22. The zero-order chi connectivity index (χ0) is 18.8. The van der Waals surface area contributed by atoms with Crippen LogP contribution in [-0.4, -0.2) is 26.9 Å². The molecule has 5 nitrogen and oxygen atoms in total. The predicted octanol–water partition coefficient (Wildman–Crippen LogP) is 4.71. The zero-order valence-corrected chi connectivity index (χ0v) is 16.3. The summed E-state index contributed by atoms with van der Waals surface area (Å²) in [5, 5.41) is 14.2. The molecule has 0 saturated heterocycles. The van der Waals surface area contributed by atoms with Gasteiger partial charge in [0.2, 0.25) is 0 Å². The van der Waals surface area contributed by atoms with Crippen molar-refractivity contribution in [2.24, 2.45) is 0 Å². The second-order valence-electron chi connectivity index (χ2n) is 6.41. The second-order valence-corrected chi connectivity index (χ2v) is 7.41. The lowest BCUT2D eigenvalue weighted by atomic mass is 10.1. The van der Waals surface area contributed by atoms with E-state index in [1.807, 2.05) is 36.4 Å². The van der Waals surface area contributed by atoms with Crippen molar-refractivity contribution in [2.45, 2.75) is 24.6 Å². The minimum absolute atomic E-state index is 0.724. The first-order valence-corrected chi connectivity index (χ1v) is 9.68. The molecule has 6 heteroatoms. The molecule has 0 aliphatic heterocycles. The average Bonchev–Trinajstić information content (AvgIpc) is 3.12. The lowest BCUT2D eigenvalue weighted by Gasteiger charge is -2.07. The number of benzene rings is 2. The number of aromatic nitrogens is 4. The van der Waals surface area contributed by atoms with E-state index in [4.69, 9.17) is 9.84 Å². The molecule has 0 bridgehead atoms. The molecule has 4 rings (SSSR count). The van der Waals surface area contributed by atoms with Crippen molar-refractivity contribution in [1.82, 2.24) is 19.8 Å². The third kappa shape index (κ3) is 3.66. The van der Waals surface area contributed by atoms with E-state index in [1.54, 1.807) is 23.4 Å². The Balaban J connectivity index is 1.62. The van der Waals surface area contributed by atoms with Gasteiger partial charge in [0.05, 0.1) is 7.11 Å². The number of nitrogens with zero attached hydrogens (tertiary/aromatic N) is 4. The number of fused-ring (bicyclic) bond motifs is 1. The summed E-state index contributed by atoms with van der Waals surface area (Å²) in [4.78, 5) is 0. The van der Waals surface area contributed by atoms with Crippen LogP contribution in [0.1, 0.15) is 16.7 Å². The molecule has 0 N–H and O–H groups in total. The molecule has 0 amide bonds. The van der Waals surface area contributed by atoms with Crippen molar-refractivity contribution in [3.05, 3.63) is 71.3 Å². The van der Waals surface area contributed by atoms with E-state index in [1.165, 1.54) is 16.7 Å². The van der Waals surface area contributed by atoms with Crippen molar-refractivity contribution in [3.63, 3.8) is 0 Å². The number of rotatable bonds is 5. The molecule has 136 valence electrons. The Morgan fingerprint density at radius 2 is 1.78 bits per heavy atom. The Labute approximate surface area is 162 Å². The fourth-order valence-electron chi connectivity index (χ4n) is 2.88. The summed E-state index contributed by atoms with van der Waals surface area (Å²) in [6, 6.07) is 18.3. The molecule has 4 aromatic rings. The number of thioether (sulfide) groups is 1. The molecule has 0 spiro atoms. The zero-order valence-electron chi connectivity index (χ0n) is 15.5. The number of aryl methyl sites for hydroxylation is 2. The number of hydrogen-bond donors (Lipinski definition) is 0. The lowest BCUT2D eigenvalue weighted by molar-refractivity contribution is 0.415. The first-order valence-electron chi connectivity index (χ1n) is 8.70. The van der Waals surface area contributed by atoms with Crippen molar-refractivity contribution in [3.8, 4) is 17.1 Å². The standard InChI is InChI=1S/C21H20N4OS/c1-14-4-5-15(2)17(12-14)13-27-20-11-10-19-22-23-21(25(19)24-20)16-6-8-18(26-3)9-7-16/h4-12H,13H2,1-3H3. The molecule has 0 aliphatic rings. The molecule has 2 aromatic carbocycles. The highest BCUT2D eigenvalue weighted by molar-refractivity contribution is 7.98. The van der Waals surface area contributed by atoms with Crippen LogP contribution in [0.15, 0.2) is 59.6 Å². The van der Waals surface area contributed by atoms with Gasteiger partial charge in [-0.15, -0.1) is 10.2 Å². The van der Waals surface area contributed by atoms with Crippen LogP contribution in [0.3, 0.4) is 0 Å². The summed E-state index contributed by atoms with van der Waals surface area (Å²) in [5.41, 5.74) is 5.60. The van der Waals surface area contributed by atoms with E-state index in [0.29, 0.717) is 0 Å². The van der Waals surface area contributed by atoms with Crippen molar-refractivity contribution in [1.29, 1.82) is 0 Å². The Morgan fingerprint density at radius 3 is 2.56 bits per heavy atom. The maximum Gasteiger partial charge on any atom is 0.185 e. The van der Waals surface area contributed by atoms with E-state index in [9.17, 15) is 0 Å². The van der Waals surface area contributed by atoms with Crippen LogP contribution in [0.2, 0.25) is 0 Å². The van der Waals surface area contributed by atoms with Crippen molar-refractivity contribution < 1.29 is 4.74 Å². The molecule has 0 atom stereocenters. The van der Waals surface area contributed by atoms with E-state index in [-0.39, 0.29) is 0 Å². The normalized spacial score (nSPS) is 11.1. The van der Waals surface area contributed by atoms with Gasteiger partial charge in [-0.05, 0) is 61.4 Å². The third-order valence-electron chi connectivity index (χ3n) is 4.47. The van der Waals surface area contributed by atoms with Gasteiger partial charge in [-0.25, -0.2) is 0 Å². The molecule has 0 radical (unpaired) electrons. The van der Waals surface area contributed by atoms with Crippen LogP contribution in [0, 0.1) is 13.8 Å². The van der Waals surface area contributed by atoms with Gasteiger partial charge in [-0.3, -0.25) is 0 Å². The van der Waals surface area contributed by atoms with Gasteiger partial charge in [0.15, 0.2) is 11.5 Å². The number of hydrogen-bond acceptors (Lipinski definition) is 5. The van der Waals surface area contributed by atoms with Crippen molar-refractivity contribution in [2.75, 3.05) is 7.11 Å². The lowest BCUT2D eigenvalue weighted by Crippen LogP contribution is -1.97. The fraction of sp³-hybridized carbons (Fsp3) is 0.190. The summed E-state index contributed by atoms with van der Waals surface area (Å²) in [5.74, 6) is 2.42. The molecular formula is C21H20N4OS. The molecule has 0 saturated carbocycles. The fourth-order valence-corrected chi connectivity index (χ4v) is 3.79.